The summed E-state index contributed by atoms with van der Waals surface area (Å²) in [4.78, 5) is 14.3. The van der Waals surface area contributed by atoms with Crippen molar-refractivity contribution >= 4 is 17.2 Å². The number of carbonyl (C=O) groups is 1. The molecule has 10 nitrogen and oxygen atoms in total. The van der Waals surface area contributed by atoms with Crippen LogP contribution in [-0.4, -0.2) is 68.2 Å². The van der Waals surface area contributed by atoms with Crippen LogP contribution in [0.3, 0.4) is 0 Å². The average Bonchev–Trinajstić information content (AvgIpc) is 3.44. The van der Waals surface area contributed by atoms with Crippen LogP contribution in [0.2, 0.25) is 0 Å². The van der Waals surface area contributed by atoms with Crippen molar-refractivity contribution in [1.29, 1.82) is 5.26 Å². The van der Waals surface area contributed by atoms with Crippen LogP contribution in [0.4, 0.5) is 0 Å². The van der Waals surface area contributed by atoms with E-state index < -0.39 is 0 Å². The maximum atomic E-state index is 12.5. The molecule has 11 heteroatoms. The number of nitriles is 1. The third-order valence-corrected chi connectivity index (χ3v) is 6.46. The van der Waals surface area contributed by atoms with Crippen LogP contribution in [0.15, 0.2) is 18.2 Å². The molecule has 0 bridgehead atoms. The van der Waals surface area contributed by atoms with E-state index in [1.54, 1.807) is 16.8 Å². The topological polar surface area (TPSA) is 129 Å². The molecule has 0 saturated heterocycles. The first-order valence-corrected chi connectivity index (χ1v) is 11.9. The van der Waals surface area contributed by atoms with E-state index in [0.29, 0.717) is 47.5 Å². The Bertz CT molecular complexity index is 1230. The number of aliphatic hydroxyl groups is 1. The van der Waals surface area contributed by atoms with Crippen molar-refractivity contribution < 1.29 is 14.6 Å². The smallest absolute Gasteiger partial charge is 0.236 e. The molecule has 3 aromatic rings. The Balaban J connectivity index is 1.54. The fourth-order valence-electron chi connectivity index (χ4n) is 3.82. The van der Waals surface area contributed by atoms with Crippen LogP contribution < -0.4 is 10.1 Å². The molecule has 0 saturated carbocycles. The van der Waals surface area contributed by atoms with Gasteiger partial charge in [-0.3, -0.25) is 4.79 Å². The van der Waals surface area contributed by atoms with Gasteiger partial charge in [0.05, 0.1) is 30.5 Å². The Morgan fingerprint density at radius 1 is 1.38 bits per heavy atom. The van der Waals surface area contributed by atoms with E-state index in [2.05, 4.69) is 21.6 Å². The van der Waals surface area contributed by atoms with E-state index in [0.717, 1.165) is 22.5 Å². The lowest BCUT2D eigenvalue weighted by Crippen LogP contribution is -2.41. The Morgan fingerprint density at radius 3 is 2.94 bits per heavy atom. The van der Waals surface area contributed by atoms with Crippen LogP contribution in [0.25, 0.3) is 15.7 Å². The standard InChI is InChI=1S/C23H27N7O3S/c1-14(2)33-20-5-4-16(10-17(20)11-24)22-26-27-23(34-22)30-15(3)18-13-29(8-6-19(18)28-30)21(32)12-25-7-9-31/h4-5,10,14,25,31H,6-9,12-13H2,1-3H3. The summed E-state index contributed by atoms with van der Waals surface area (Å²) in [6.45, 7) is 7.50. The molecule has 0 radical (unpaired) electrons. The lowest BCUT2D eigenvalue weighted by atomic mass is 10.1. The summed E-state index contributed by atoms with van der Waals surface area (Å²) in [5.41, 5.74) is 4.16. The Labute approximate surface area is 201 Å². The van der Waals surface area contributed by atoms with Gasteiger partial charge in [0.25, 0.3) is 0 Å². The van der Waals surface area contributed by atoms with E-state index >= 15 is 0 Å². The fourth-order valence-corrected chi connectivity index (χ4v) is 4.67. The number of nitrogens with zero attached hydrogens (tertiary/aromatic N) is 6. The summed E-state index contributed by atoms with van der Waals surface area (Å²) in [5.74, 6) is 0.551. The summed E-state index contributed by atoms with van der Waals surface area (Å²) >= 11 is 1.39. The second kappa shape index (κ2) is 10.3. The lowest BCUT2D eigenvalue weighted by Gasteiger charge is -2.26. The highest BCUT2D eigenvalue weighted by Gasteiger charge is 2.27. The van der Waals surface area contributed by atoms with Gasteiger partial charge in [-0.1, -0.05) is 11.3 Å². The maximum Gasteiger partial charge on any atom is 0.236 e. The number of nitrogens with one attached hydrogen (secondary N) is 1. The molecule has 0 atom stereocenters. The van der Waals surface area contributed by atoms with E-state index in [9.17, 15) is 10.1 Å². The van der Waals surface area contributed by atoms with Gasteiger partial charge in [0.1, 0.15) is 16.8 Å². The number of amides is 1. The first-order valence-electron chi connectivity index (χ1n) is 11.1. The molecular formula is C23H27N7O3S. The molecule has 0 fully saturated rings. The molecule has 0 unspecified atom stereocenters. The zero-order valence-electron chi connectivity index (χ0n) is 19.4. The molecule has 2 N–H and O–H groups in total. The predicted molar refractivity (Wildman–Crippen MR) is 127 cm³/mol. The number of fused-ring (bicyclic) bond motifs is 1. The van der Waals surface area contributed by atoms with Crippen molar-refractivity contribution in [2.45, 2.75) is 39.8 Å². The summed E-state index contributed by atoms with van der Waals surface area (Å²) in [6, 6.07) is 7.61. The van der Waals surface area contributed by atoms with Crippen molar-refractivity contribution in [2.24, 2.45) is 0 Å². The number of aromatic nitrogens is 4. The molecule has 2 aromatic heterocycles. The number of hydrogen-bond donors (Lipinski definition) is 2. The summed E-state index contributed by atoms with van der Waals surface area (Å²) < 4.78 is 7.49. The van der Waals surface area contributed by atoms with Gasteiger partial charge in [-0.05, 0) is 39.0 Å². The third-order valence-electron chi connectivity index (χ3n) is 5.51. The van der Waals surface area contributed by atoms with Gasteiger partial charge in [-0.25, -0.2) is 4.68 Å². The van der Waals surface area contributed by atoms with Crippen molar-refractivity contribution in [2.75, 3.05) is 26.2 Å². The van der Waals surface area contributed by atoms with Crippen molar-refractivity contribution in [1.82, 2.24) is 30.2 Å². The van der Waals surface area contributed by atoms with Gasteiger partial charge in [-0.15, -0.1) is 10.2 Å². The molecule has 1 aromatic carbocycles. The summed E-state index contributed by atoms with van der Waals surface area (Å²) in [5, 5.41) is 36.1. The summed E-state index contributed by atoms with van der Waals surface area (Å²) in [6.07, 6.45) is 0.645. The second-order valence-electron chi connectivity index (χ2n) is 8.27. The Hall–Kier alpha value is -3.33. The molecule has 34 heavy (non-hydrogen) atoms. The monoisotopic (exact) mass is 481 g/mol. The van der Waals surface area contributed by atoms with Crippen molar-refractivity contribution in [3.05, 3.63) is 40.7 Å². The minimum absolute atomic E-state index is 0.000829. The number of hydrogen-bond acceptors (Lipinski definition) is 9. The Morgan fingerprint density at radius 2 is 2.21 bits per heavy atom. The molecule has 0 aliphatic carbocycles. The number of carbonyl (C=O) groups excluding carboxylic acids is 1. The Kier molecular flexibility index (Phi) is 7.21. The maximum absolute atomic E-state index is 12.5. The van der Waals surface area contributed by atoms with Gasteiger partial charge in [-0.2, -0.15) is 10.4 Å². The van der Waals surface area contributed by atoms with Crippen molar-refractivity contribution in [3.8, 4) is 27.5 Å². The molecule has 1 aliphatic rings. The van der Waals surface area contributed by atoms with Crippen LogP contribution >= 0.6 is 11.3 Å². The second-order valence-corrected chi connectivity index (χ2v) is 9.22. The fraction of sp³-hybridized carbons (Fsp3) is 0.435. The van der Waals surface area contributed by atoms with Crippen LogP contribution in [0.5, 0.6) is 5.75 Å². The third kappa shape index (κ3) is 4.94. The van der Waals surface area contributed by atoms with E-state index in [1.165, 1.54) is 11.3 Å². The van der Waals surface area contributed by atoms with E-state index in [-0.39, 0.29) is 25.2 Å². The largest absolute Gasteiger partial charge is 0.490 e. The number of benzene rings is 1. The van der Waals surface area contributed by atoms with Crippen molar-refractivity contribution in [3.63, 3.8) is 0 Å². The first kappa shape index (κ1) is 23.8. The molecule has 178 valence electrons. The minimum atomic E-state index is -0.0251. The quantitative estimate of drug-likeness (QED) is 0.466. The van der Waals surface area contributed by atoms with Gasteiger partial charge < -0.3 is 20.1 Å². The van der Waals surface area contributed by atoms with E-state index in [1.807, 2.05) is 31.7 Å². The van der Waals surface area contributed by atoms with E-state index in [4.69, 9.17) is 14.9 Å². The normalized spacial score (nSPS) is 13.1. The average molecular weight is 482 g/mol. The van der Waals surface area contributed by atoms with Crippen LogP contribution in [-0.2, 0) is 17.8 Å². The highest BCUT2D eigenvalue weighted by Crippen LogP contribution is 2.31. The number of ether oxygens (including phenoxy) is 1. The SMILES string of the molecule is Cc1c2c(nn1-c1nnc(-c3ccc(OC(C)C)c(C#N)c3)s1)CCN(C(=O)CNCCO)C2. The molecule has 4 rings (SSSR count). The highest BCUT2D eigenvalue weighted by molar-refractivity contribution is 7.17. The molecule has 0 spiro atoms. The molecule has 1 aliphatic heterocycles. The predicted octanol–water partition coefficient (Wildman–Crippen LogP) is 1.82. The van der Waals surface area contributed by atoms with Gasteiger partial charge in [0.15, 0.2) is 0 Å². The number of aliphatic hydroxyl groups excluding tert-OH is 1. The zero-order chi connectivity index (χ0) is 24.2. The molecular weight excluding hydrogens is 454 g/mol. The molecule has 1 amide bonds. The van der Waals surface area contributed by atoms with Gasteiger partial charge in [0, 0.05) is 42.9 Å². The van der Waals surface area contributed by atoms with Gasteiger partial charge >= 0.3 is 0 Å². The number of rotatable bonds is 8. The van der Waals surface area contributed by atoms with Gasteiger partial charge in [0.2, 0.25) is 11.0 Å². The lowest BCUT2D eigenvalue weighted by molar-refractivity contribution is -0.131. The first-order chi connectivity index (χ1) is 16.4. The van der Waals surface area contributed by atoms with Crippen LogP contribution in [0.1, 0.15) is 36.4 Å². The minimum Gasteiger partial charge on any atom is -0.490 e. The molecule has 3 heterocycles. The highest BCUT2D eigenvalue weighted by atomic mass is 32.1. The zero-order valence-corrected chi connectivity index (χ0v) is 20.2. The van der Waals surface area contributed by atoms with Crippen LogP contribution in [0, 0.1) is 18.3 Å². The summed E-state index contributed by atoms with van der Waals surface area (Å²) in [7, 11) is 0.